The van der Waals surface area contributed by atoms with Gasteiger partial charge >= 0.3 is 0 Å². The first-order chi connectivity index (χ1) is 10.3. The molecule has 1 aromatic rings. The largest absolute Gasteiger partial charge is 0.459 e. The summed E-state index contributed by atoms with van der Waals surface area (Å²) < 4.78 is 5.17. The molecular formula is C15H25IN4O2. The molecule has 0 atom stereocenters. The van der Waals surface area contributed by atoms with E-state index in [1.54, 1.807) is 19.2 Å². The van der Waals surface area contributed by atoms with Gasteiger partial charge in [-0.05, 0) is 18.6 Å². The zero-order chi connectivity index (χ0) is 15.1. The average Bonchev–Trinajstić information content (AvgIpc) is 3.06. The number of nitrogens with zero attached hydrogens (tertiary/aromatic N) is 3. The third-order valence-corrected chi connectivity index (χ3v) is 3.62. The Balaban J connectivity index is 0.00000242. The van der Waals surface area contributed by atoms with Crippen LogP contribution in [-0.2, 0) is 0 Å². The van der Waals surface area contributed by atoms with Crippen molar-refractivity contribution >= 4 is 35.8 Å². The molecule has 1 N–H and O–H groups in total. The van der Waals surface area contributed by atoms with Gasteiger partial charge in [0, 0.05) is 39.8 Å². The van der Waals surface area contributed by atoms with Crippen molar-refractivity contribution in [3.63, 3.8) is 0 Å². The number of amides is 1. The highest BCUT2D eigenvalue weighted by molar-refractivity contribution is 14.0. The summed E-state index contributed by atoms with van der Waals surface area (Å²) >= 11 is 0. The number of piperazine rings is 1. The minimum Gasteiger partial charge on any atom is -0.459 e. The van der Waals surface area contributed by atoms with Crippen LogP contribution >= 0.6 is 24.0 Å². The van der Waals surface area contributed by atoms with E-state index in [9.17, 15) is 4.79 Å². The normalized spacial score (nSPS) is 15.5. The summed E-state index contributed by atoms with van der Waals surface area (Å²) in [5.41, 5.74) is 0. The van der Waals surface area contributed by atoms with Crippen LogP contribution in [0.1, 0.15) is 30.3 Å². The van der Waals surface area contributed by atoms with E-state index in [-0.39, 0.29) is 29.9 Å². The molecule has 0 unspecified atom stereocenters. The lowest BCUT2D eigenvalue weighted by Crippen LogP contribution is -2.53. The van der Waals surface area contributed by atoms with E-state index in [0.717, 1.165) is 38.4 Å². The number of nitrogens with one attached hydrogen (secondary N) is 1. The van der Waals surface area contributed by atoms with E-state index in [1.807, 2.05) is 4.90 Å². The van der Waals surface area contributed by atoms with Crippen molar-refractivity contribution in [3.8, 4) is 0 Å². The number of furan rings is 1. The van der Waals surface area contributed by atoms with Gasteiger partial charge in [-0.3, -0.25) is 9.79 Å². The van der Waals surface area contributed by atoms with E-state index in [0.29, 0.717) is 18.8 Å². The maximum atomic E-state index is 12.2. The Kier molecular flexibility index (Phi) is 8.29. The van der Waals surface area contributed by atoms with E-state index >= 15 is 0 Å². The van der Waals surface area contributed by atoms with Crippen LogP contribution in [0.3, 0.4) is 0 Å². The molecule has 0 aromatic carbocycles. The van der Waals surface area contributed by atoms with Crippen LogP contribution in [0, 0.1) is 0 Å². The van der Waals surface area contributed by atoms with Gasteiger partial charge in [0.2, 0.25) is 0 Å². The molecule has 0 saturated carbocycles. The Labute approximate surface area is 149 Å². The molecule has 1 aliphatic rings. The summed E-state index contributed by atoms with van der Waals surface area (Å²) in [5, 5.41) is 3.37. The maximum Gasteiger partial charge on any atom is 0.289 e. The molecule has 124 valence electrons. The minimum absolute atomic E-state index is 0. The second-order valence-electron chi connectivity index (χ2n) is 5.08. The first-order valence-corrected chi connectivity index (χ1v) is 7.54. The van der Waals surface area contributed by atoms with Crippen molar-refractivity contribution in [2.75, 3.05) is 39.8 Å². The summed E-state index contributed by atoms with van der Waals surface area (Å²) in [6, 6.07) is 3.45. The van der Waals surface area contributed by atoms with Gasteiger partial charge in [-0.1, -0.05) is 13.3 Å². The van der Waals surface area contributed by atoms with Gasteiger partial charge in [-0.25, -0.2) is 0 Å². The average molecular weight is 420 g/mol. The van der Waals surface area contributed by atoms with Gasteiger partial charge in [0.05, 0.1) is 6.26 Å². The summed E-state index contributed by atoms with van der Waals surface area (Å²) in [6.45, 7) is 6.07. The number of hydrogen-bond donors (Lipinski definition) is 1. The predicted molar refractivity (Wildman–Crippen MR) is 97.9 cm³/mol. The van der Waals surface area contributed by atoms with Gasteiger partial charge in [-0.2, -0.15) is 0 Å². The molecule has 2 heterocycles. The van der Waals surface area contributed by atoms with Crippen molar-refractivity contribution < 1.29 is 9.21 Å². The van der Waals surface area contributed by atoms with Crippen LogP contribution in [0.25, 0.3) is 0 Å². The van der Waals surface area contributed by atoms with Crippen molar-refractivity contribution in [1.29, 1.82) is 0 Å². The smallest absolute Gasteiger partial charge is 0.289 e. The van der Waals surface area contributed by atoms with Crippen LogP contribution in [0.15, 0.2) is 27.8 Å². The number of carbonyl (C=O) groups is 1. The molecule has 1 fully saturated rings. The van der Waals surface area contributed by atoms with E-state index in [1.165, 1.54) is 6.26 Å². The summed E-state index contributed by atoms with van der Waals surface area (Å²) in [6.07, 6.45) is 3.83. The molecule has 0 spiro atoms. The highest BCUT2D eigenvalue weighted by atomic mass is 127. The molecule has 7 heteroatoms. The predicted octanol–water partition coefficient (Wildman–Crippen LogP) is 2.03. The highest BCUT2D eigenvalue weighted by Gasteiger charge is 2.24. The Hall–Kier alpha value is -1.25. The lowest BCUT2D eigenvalue weighted by molar-refractivity contribution is 0.0658. The molecular weight excluding hydrogens is 395 g/mol. The molecule has 6 nitrogen and oxygen atoms in total. The van der Waals surface area contributed by atoms with Crippen LogP contribution in [0.2, 0.25) is 0 Å². The Morgan fingerprint density at radius 2 is 2.00 bits per heavy atom. The number of halogens is 1. The maximum absolute atomic E-state index is 12.2. The lowest BCUT2D eigenvalue weighted by atomic mass is 10.3. The molecule has 1 amide bonds. The monoisotopic (exact) mass is 420 g/mol. The molecule has 0 bridgehead atoms. The Morgan fingerprint density at radius 1 is 1.32 bits per heavy atom. The summed E-state index contributed by atoms with van der Waals surface area (Å²) in [4.78, 5) is 20.5. The fraction of sp³-hybridized carbons (Fsp3) is 0.600. The van der Waals surface area contributed by atoms with Crippen LogP contribution in [-0.4, -0.2) is 61.4 Å². The highest BCUT2D eigenvalue weighted by Crippen LogP contribution is 2.09. The molecule has 0 radical (unpaired) electrons. The van der Waals surface area contributed by atoms with E-state index < -0.39 is 0 Å². The Bertz CT molecular complexity index is 468. The third-order valence-electron chi connectivity index (χ3n) is 3.62. The third kappa shape index (κ3) is 4.89. The number of unbranched alkanes of at least 4 members (excludes halogenated alkanes) is 1. The van der Waals surface area contributed by atoms with Crippen molar-refractivity contribution in [3.05, 3.63) is 24.2 Å². The fourth-order valence-electron chi connectivity index (χ4n) is 2.39. The number of hydrogen-bond acceptors (Lipinski definition) is 3. The molecule has 1 aliphatic heterocycles. The lowest BCUT2D eigenvalue weighted by Gasteiger charge is -2.36. The van der Waals surface area contributed by atoms with Crippen molar-refractivity contribution in [2.45, 2.75) is 19.8 Å². The number of guanidine groups is 1. The summed E-state index contributed by atoms with van der Waals surface area (Å²) in [5.74, 6) is 1.30. The Morgan fingerprint density at radius 3 is 2.55 bits per heavy atom. The first kappa shape index (κ1) is 18.8. The first-order valence-electron chi connectivity index (χ1n) is 7.54. The molecule has 1 aromatic heterocycles. The molecule has 2 rings (SSSR count). The van der Waals surface area contributed by atoms with E-state index in [4.69, 9.17) is 4.42 Å². The standard InChI is InChI=1S/C15H24N4O2.HI/c1-3-4-7-17-15(16-2)19-10-8-18(9-11-19)14(20)13-6-5-12-21-13;/h5-6,12H,3-4,7-11H2,1-2H3,(H,16,17);1H. The van der Waals surface area contributed by atoms with Crippen LogP contribution in [0.5, 0.6) is 0 Å². The van der Waals surface area contributed by atoms with Gasteiger partial charge in [0.15, 0.2) is 11.7 Å². The topological polar surface area (TPSA) is 61.1 Å². The molecule has 0 aliphatic carbocycles. The quantitative estimate of drug-likeness (QED) is 0.351. The fourth-order valence-corrected chi connectivity index (χ4v) is 2.39. The van der Waals surface area contributed by atoms with Gasteiger partial charge < -0.3 is 19.5 Å². The molecule has 1 saturated heterocycles. The zero-order valence-electron chi connectivity index (χ0n) is 13.2. The number of carbonyl (C=O) groups excluding carboxylic acids is 1. The second-order valence-corrected chi connectivity index (χ2v) is 5.08. The van der Waals surface area contributed by atoms with Crippen LogP contribution in [0.4, 0.5) is 0 Å². The number of rotatable bonds is 4. The number of aliphatic imine (C=N–C) groups is 1. The van der Waals surface area contributed by atoms with Crippen molar-refractivity contribution in [2.24, 2.45) is 4.99 Å². The minimum atomic E-state index is -0.0337. The molecule has 22 heavy (non-hydrogen) atoms. The van der Waals surface area contributed by atoms with Crippen molar-refractivity contribution in [1.82, 2.24) is 15.1 Å². The SMILES string of the molecule is CCCCNC(=NC)N1CCN(C(=O)c2ccco2)CC1.I. The zero-order valence-corrected chi connectivity index (χ0v) is 15.6. The van der Waals surface area contributed by atoms with Gasteiger partial charge in [0.25, 0.3) is 5.91 Å². The van der Waals surface area contributed by atoms with Gasteiger partial charge in [-0.15, -0.1) is 24.0 Å². The van der Waals surface area contributed by atoms with Gasteiger partial charge in [0.1, 0.15) is 0 Å². The summed E-state index contributed by atoms with van der Waals surface area (Å²) in [7, 11) is 1.80. The van der Waals surface area contributed by atoms with E-state index in [2.05, 4.69) is 22.1 Å². The van der Waals surface area contributed by atoms with Crippen LogP contribution < -0.4 is 5.32 Å². The second kappa shape index (κ2) is 9.70.